The van der Waals surface area contributed by atoms with Crippen molar-refractivity contribution < 1.29 is 19.1 Å². The molecule has 50 heavy (non-hydrogen) atoms. The lowest BCUT2D eigenvalue weighted by atomic mass is 9.81. The lowest BCUT2D eigenvalue weighted by molar-refractivity contribution is -0.127. The molecule has 0 bridgehead atoms. The van der Waals surface area contributed by atoms with Crippen LogP contribution in [0.4, 0.5) is 10.5 Å². The van der Waals surface area contributed by atoms with Gasteiger partial charge in [0.2, 0.25) is 17.6 Å². The summed E-state index contributed by atoms with van der Waals surface area (Å²) in [5.41, 5.74) is 11.7. The zero-order valence-electron chi connectivity index (χ0n) is 28.8. The van der Waals surface area contributed by atoms with Crippen LogP contribution in [0, 0.1) is 11.8 Å². The van der Waals surface area contributed by atoms with E-state index in [-0.39, 0.29) is 24.2 Å². The van der Waals surface area contributed by atoms with Gasteiger partial charge in [0.1, 0.15) is 11.6 Å². The molecule has 4 N–H and O–H groups in total. The number of fused-ring (bicyclic) bond motifs is 1. The highest BCUT2D eigenvalue weighted by Crippen LogP contribution is 2.33. The Balaban J connectivity index is 1.21. The van der Waals surface area contributed by atoms with Gasteiger partial charge in [-0.2, -0.15) is 5.21 Å². The van der Waals surface area contributed by atoms with Gasteiger partial charge in [-0.15, -0.1) is 10.2 Å². The second kappa shape index (κ2) is 14.5. The molecule has 13 nitrogen and oxygen atoms in total. The number of nitrogens with zero attached hydrogens (tertiary/aromatic N) is 6. The van der Waals surface area contributed by atoms with Crippen LogP contribution < -0.4 is 16.0 Å². The molecule has 1 aliphatic rings. The largest absolute Gasteiger partial charge is 0.444 e. The number of amides is 3. The van der Waals surface area contributed by atoms with Crippen molar-refractivity contribution in [2.24, 2.45) is 24.6 Å². The number of nitrogens with one attached hydrogen (secondary N) is 2. The first-order chi connectivity index (χ1) is 23.9. The molecule has 6 rings (SSSR count). The number of alkyl carbamates (subject to hydrolysis) is 1. The fourth-order valence-electron chi connectivity index (χ4n) is 6.55. The molecule has 3 amide bonds. The van der Waals surface area contributed by atoms with Crippen LogP contribution in [0.1, 0.15) is 52.0 Å². The molecular weight excluding hydrogens is 634 g/mol. The molecule has 0 unspecified atom stereocenters. The van der Waals surface area contributed by atoms with Gasteiger partial charge < -0.3 is 20.4 Å². The monoisotopic (exact) mass is 677 g/mol. The summed E-state index contributed by atoms with van der Waals surface area (Å²) < 4.78 is 7.36. The van der Waals surface area contributed by atoms with Gasteiger partial charge in [-0.25, -0.2) is 9.78 Å². The number of tetrazole rings is 1. The average Bonchev–Trinajstić information content (AvgIpc) is 3.77. The van der Waals surface area contributed by atoms with Crippen molar-refractivity contribution in [3.63, 3.8) is 0 Å². The third kappa shape index (κ3) is 7.99. The topological polar surface area (TPSA) is 174 Å². The normalized spacial score (nSPS) is 16.9. The Labute approximate surface area is 290 Å². The number of aryl methyl sites for hydroxylation is 1. The van der Waals surface area contributed by atoms with Crippen molar-refractivity contribution in [1.82, 2.24) is 35.5 Å². The number of ether oxygens (including phenoxy) is 1. The summed E-state index contributed by atoms with van der Waals surface area (Å²) in [4.78, 5) is 45.8. The Hall–Kier alpha value is -5.59. The predicted octanol–water partition coefficient (Wildman–Crippen LogP) is 5.18. The molecule has 0 radical (unpaired) electrons. The number of hydrogen-bond donors (Lipinski definition) is 3. The number of anilines is 1. The molecule has 2 aromatic heterocycles. The first kappa shape index (κ1) is 34.3. The van der Waals surface area contributed by atoms with Crippen LogP contribution in [0.3, 0.4) is 0 Å². The summed E-state index contributed by atoms with van der Waals surface area (Å²) in [6.45, 7) is 5.96. The summed E-state index contributed by atoms with van der Waals surface area (Å²) in [5, 5.41) is 17.0. The number of imidazole rings is 1. The molecule has 0 aliphatic heterocycles. The highest BCUT2D eigenvalue weighted by atomic mass is 16.6. The molecule has 3 aromatic carbocycles. The predicted molar refractivity (Wildman–Crippen MR) is 190 cm³/mol. The van der Waals surface area contributed by atoms with E-state index in [1.807, 2.05) is 68.8 Å². The second-order valence-electron chi connectivity index (χ2n) is 14.0. The van der Waals surface area contributed by atoms with E-state index in [2.05, 4.69) is 37.0 Å². The molecular formula is C37H43N9O4. The van der Waals surface area contributed by atoms with E-state index in [0.29, 0.717) is 36.5 Å². The van der Waals surface area contributed by atoms with Crippen molar-refractivity contribution >= 4 is 34.6 Å². The fourth-order valence-corrected chi connectivity index (χ4v) is 6.55. The summed E-state index contributed by atoms with van der Waals surface area (Å²) in [7, 11) is 1.97. The number of hydrogen-bond acceptors (Lipinski definition) is 8. The number of carbonyl (C=O) groups is 3. The third-order valence-electron chi connectivity index (χ3n) is 9.20. The van der Waals surface area contributed by atoms with E-state index >= 15 is 0 Å². The first-order valence-electron chi connectivity index (χ1n) is 16.9. The van der Waals surface area contributed by atoms with E-state index < -0.39 is 23.6 Å². The summed E-state index contributed by atoms with van der Waals surface area (Å²) in [5.74, 6) is -0.418. The number of primary amides is 1. The molecule has 0 spiro atoms. The van der Waals surface area contributed by atoms with Gasteiger partial charge in [0.25, 0.3) is 0 Å². The smallest absolute Gasteiger partial charge is 0.407 e. The van der Waals surface area contributed by atoms with E-state index in [1.54, 1.807) is 35.5 Å². The number of nitrogens with two attached hydrogens (primary N) is 1. The average molecular weight is 678 g/mol. The summed E-state index contributed by atoms with van der Waals surface area (Å²) in [6.07, 6.45) is 4.34. The van der Waals surface area contributed by atoms with E-state index in [9.17, 15) is 14.4 Å². The maximum atomic E-state index is 14.4. The van der Waals surface area contributed by atoms with E-state index in [1.165, 1.54) is 0 Å². The molecule has 1 atom stereocenters. The minimum atomic E-state index is -0.929. The summed E-state index contributed by atoms with van der Waals surface area (Å²) >= 11 is 0. The molecule has 0 saturated heterocycles. The Kier molecular flexibility index (Phi) is 9.93. The maximum Gasteiger partial charge on any atom is 0.407 e. The fraction of sp³-hybridized carbons (Fsp3) is 0.378. The van der Waals surface area contributed by atoms with E-state index in [0.717, 1.165) is 40.6 Å². The van der Waals surface area contributed by atoms with Crippen molar-refractivity contribution in [2.45, 2.75) is 64.5 Å². The number of aromatic amines is 1. The van der Waals surface area contributed by atoms with Gasteiger partial charge in [0.15, 0.2) is 0 Å². The Morgan fingerprint density at radius 1 is 0.980 bits per heavy atom. The van der Waals surface area contributed by atoms with Crippen LogP contribution >= 0.6 is 0 Å². The van der Waals surface area contributed by atoms with Crippen LogP contribution in [0.15, 0.2) is 73.1 Å². The Bertz CT molecular complexity index is 1940. The second-order valence-corrected chi connectivity index (χ2v) is 14.0. The zero-order chi connectivity index (χ0) is 35.4. The van der Waals surface area contributed by atoms with Crippen LogP contribution in [0.5, 0.6) is 0 Å². The maximum absolute atomic E-state index is 14.4. The number of carbonyl (C=O) groups excluding carboxylic acids is 3. The van der Waals surface area contributed by atoms with Gasteiger partial charge in [-0.05, 0) is 111 Å². The van der Waals surface area contributed by atoms with Crippen molar-refractivity contribution in [1.29, 1.82) is 0 Å². The van der Waals surface area contributed by atoms with Crippen LogP contribution in [-0.4, -0.2) is 66.3 Å². The first-order valence-corrected chi connectivity index (χ1v) is 16.9. The Morgan fingerprint density at radius 2 is 1.66 bits per heavy atom. The highest BCUT2D eigenvalue weighted by Gasteiger charge is 2.36. The standard InChI is InChI=1S/C37H43N9O4/c1-37(2,3)50-36(49)39-21-24-7-11-27(12-8-24)35(48)46(29-16-13-26(14-17-29)34-41-43-44-42-34)32(33(38)47)19-23-5-9-25(10-6-23)28-15-18-30-31(20-28)45(4)22-40-30/h5-6,9-10,13-18,20,22,24,27,32H,7-8,11-12,19,21H2,1-4H3,(H2,38,47)(H,39,49)(H,41,42,43,44)/t24-,27-,32-/m0/s1. The number of rotatable bonds is 10. The molecule has 1 saturated carbocycles. The minimum absolute atomic E-state index is 0.152. The van der Waals surface area contributed by atoms with Crippen molar-refractivity contribution in [3.05, 3.63) is 78.6 Å². The third-order valence-corrected chi connectivity index (χ3v) is 9.20. The zero-order valence-corrected chi connectivity index (χ0v) is 28.8. The van der Waals surface area contributed by atoms with E-state index in [4.69, 9.17) is 10.5 Å². The van der Waals surface area contributed by atoms with Gasteiger partial charge in [-0.3, -0.25) is 14.5 Å². The van der Waals surface area contributed by atoms with Gasteiger partial charge in [-0.1, -0.05) is 30.3 Å². The highest BCUT2D eigenvalue weighted by molar-refractivity contribution is 6.02. The number of benzene rings is 3. The van der Waals surface area contributed by atoms with Gasteiger partial charge >= 0.3 is 6.09 Å². The lowest BCUT2D eigenvalue weighted by Crippen LogP contribution is -2.52. The number of aromatic nitrogens is 6. The molecule has 1 aliphatic carbocycles. The molecule has 5 aromatic rings. The minimum Gasteiger partial charge on any atom is -0.444 e. The molecule has 2 heterocycles. The van der Waals surface area contributed by atoms with Crippen LogP contribution in [0.25, 0.3) is 33.5 Å². The van der Waals surface area contributed by atoms with Crippen molar-refractivity contribution in [3.8, 4) is 22.5 Å². The molecule has 260 valence electrons. The lowest BCUT2D eigenvalue weighted by Gasteiger charge is -2.36. The summed E-state index contributed by atoms with van der Waals surface area (Å²) in [6, 6.07) is 20.4. The van der Waals surface area contributed by atoms with Gasteiger partial charge in [0, 0.05) is 37.2 Å². The van der Waals surface area contributed by atoms with Crippen molar-refractivity contribution in [2.75, 3.05) is 11.4 Å². The SMILES string of the molecule is Cn1cnc2ccc(-c3ccc(C[C@@H](C(N)=O)N(c4ccc(-c5nn[nH]n5)cc4)C(=O)[C@H]4CC[C@H](CNC(=O)OC(C)(C)C)CC4)cc3)cc21. The molecule has 13 heteroatoms. The number of H-pyrrole nitrogens is 1. The van der Waals surface area contributed by atoms with Crippen LogP contribution in [-0.2, 0) is 27.8 Å². The molecule has 1 fully saturated rings. The van der Waals surface area contributed by atoms with Crippen LogP contribution in [0.2, 0.25) is 0 Å². The Morgan fingerprint density at radius 3 is 2.30 bits per heavy atom. The van der Waals surface area contributed by atoms with Gasteiger partial charge in [0.05, 0.1) is 17.4 Å². The quantitative estimate of drug-likeness (QED) is 0.181.